The Kier molecular flexibility index (Phi) is 17.2. The van der Waals surface area contributed by atoms with Crippen molar-refractivity contribution in [1.82, 2.24) is 0 Å². The Morgan fingerprint density at radius 3 is 1.75 bits per heavy atom. The summed E-state index contributed by atoms with van der Waals surface area (Å²) in [5.74, 6) is -0.0152. The summed E-state index contributed by atoms with van der Waals surface area (Å²) in [6.45, 7) is 8.71. The fourth-order valence-corrected chi connectivity index (χ4v) is 5.61. The van der Waals surface area contributed by atoms with E-state index in [9.17, 15) is 19.2 Å². The Morgan fingerprint density at radius 2 is 1.13 bits per heavy atom. The van der Waals surface area contributed by atoms with Gasteiger partial charge in [0.05, 0.1) is 38.4 Å². The highest BCUT2D eigenvalue weighted by Gasteiger charge is 2.20. The highest BCUT2D eigenvalue weighted by atomic mass is 16.6. The van der Waals surface area contributed by atoms with Crippen LogP contribution in [0.3, 0.4) is 0 Å². The van der Waals surface area contributed by atoms with Gasteiger partial charge < -0.3 is 28.4 Å². The molecule has 282 valence electrons. The summed E-state index contributed by atoms with van der Waals surface area (Å²) in [7, 11) is 0. The Hall–Kier alpha value is -5.38. The van der Waals surface area contributed by atoms with Gasteiger partial charge in [0.2, 0.25) is 0 Å². The summed E-state index contributed by atoms with van der Waals surface area (Å²) in [6.07, 6.45) is 10.8. The zero-order chi connectivity index (χ0) is 37.7. The minimum atomic E-state index is -0.554. The van der Waals surface area contributed by atoms with Gasteiger partial charge >= 0.3 is 23.9 Å². The van der Waals surface area contributed by atoms with E-state index in [0.29, 0.717) is 49.7 Å². The van der Waals surface area contributed by atoms with Crippen molar-refractivity contribution in [3.63, 3.8) is 0 Å². The van der Waals surface area contributed by atoms with Gasteiger partial charge in [-0.3, -0.25) is 4.79 Å². The maximum absolute atomic E-state index is 12.8. The first-order chi connectivity index (χ1) is 25.8. The molecule has 10 heteroatoms. The van der Waals surface area contributed by atoms with E-state index in [1.54, 1.807) is 36.4 Å². The number of rotatable bonds is 22. The van der Waals surface area contributed by atoms with Crippen LogP contribution in [0, 0.1) is 0 Å². The van der Waals surface area contributed by atoms with E-state index in [0.717, 1.165) is 74.3 Å². The predicted octanol–water partition coefficient (Wildman–Crippen LogP) is 8.77. The molecular weight excluding hydrogens is 676 g/mol. The number of unbranched alkanes of at least 4 members (excludes halogenated alkanes) is 4. The van der Waals surface area contributed by atoms with E-state index >= 15 is 0 Å². The van der Waals surface area contributed by atoms with Crippen molar-refractivity contribution in [2.24, 2.45) is 0 Å². The molecule has 0 aliphatic heterocycles. The maximum atomic E-state index is 12.8. The highest BCUT2D eigenvalue weighted by Crippen LogP contribution is 2.25. The molecule has 0 spiro atoms. The van der Waals surface area contributed by atoms with E-state index in [-0.39, 0.29) is 24.7 Å². The average molecular weight is 727 g/mol. The molecule has 0 N–H and O–H groups in total. The zero-order valence-electron chi connectivity index (χ0n) is 30.4. The van der Waals surface area contributed by atoms with E-state index in [2.05, 4.69) is 13.2 Å². The highest BCUT2D eigenvalue weighted by molar-refractivity contribution is 5.93. The lowest BCUT2D eigenvalue weighted by Gasteiger charge is -2.21. The third kappa shape index (κ3) is 15.0. The first-order valence-corrected chi connectivity index (χ1v) is 18.4. The molecule has 3 aromatic carbocycles. The molecule has 1 aliphatic carbocycles. The van der Waals surface area contributed by atoms with Crippen LogP contribution in [0.1, 0.15) is 87.4 Å². The largest absolute Gasteiger partial charge is 0.494 e. The Balaban J connectivity index is 1.05. The van der Waals surface area contributed by atoms with Crippen molar-refractivity contribution in [1.29, 1.82) is 0 Å². The molecule has 0 amide bonds. The Morgan fingerprint density at radius 1 is 0.623 bits per heavy atom. The SMILES string of the molecule is C=CC(=O)OCCCCOc1ccc(-c2ccc(C(=O)Oc3ccc(OCCCCCCOC(=O)C(=C)CC(=O)OC4CCCCC4)cc3)cc2)cc1. The summed E-state index contributed by atoms with van der Waals surface area (Å²) >= 11 is 0. The maximum Gasteiger partial charge on any atom is 0.343 e. The average Bonchev–Trinajstić information content (AvgIpc) is 3.18. The monoisotopic (exact) mass is 726 g/mol. The second kappa shape index (κ2) is 22.5. The molecule has 1 saturated carbocycles. The van der Waals surface area contributed by atoms with Crippen LogP contribution in [0.5, 0.6) is 17.2 Å². The van der Waals surface area contributed by atoms with Gasteiger partial charge in [-0.1, -0.05) is 43.8 Å². The molecule has 0 aromatic heterocycles. The third-order valence-electron chi connectivity index (χ3n) is 8.60. The van der Waals surface area contributed by atoms with Crippen molar-refractivity contribution < 1.29 is 47.6 Å². The molecule has 0 radical (unpaired) electrons. The second-order valence-electron chi connectivity index (χ2n) is 12.8. The number of esters is 4. The molecule has 1 aliphatic rings. The lowest BCUT2D eigenvalue weighted by molar-refractivity contribution is -0.151. The quantitative estimate of drug-likeness (QED) is 0.0326. The zero-order valence-corrected chi connectivity index (χ0v) is 30.4. The molecule has 1 fully saturated rings. The van der Waals surface area contributed by atoms with Crippen LogP contribution < -0.4 is 14.2 Å². The van der Waals surface area contributed by atoms with Crippen LogP contribution in [0.15, 0.2) is 97.6 Å². The molecule has 3 aromatic rings. The summed E-state index contributed by atoms with van der Waals surface area (Å²) in [4.78, 5) is 48.1. The van der Waals surface area contributed by atoms with Gasteiger partial charge in [-0.25, -0.2) is 14.4 Å². The first-order valence-electron chi connectivity index (χ1n) is 18.4. The molecule has 0 atom stereocenters. The standard InChI is InChI=1S/C43H50O10/c1-3-40(44)50-29-12-11-28-49-36-21-19-34(20-22-36)33-15-17-35(18-16-33)43(47)53-39-25-23-37(24-26-39)48-27-9-4-5-10-30-51-42(46)32(2)31-41(45)52-38-13-7-6-8-14-38/h3,15-26,38H,1-2,4-14,27-31H2. The van der Waals surface area contributed by atoms with Gasteiger partial charge in [-0.2, -0.15) is 0 Å². The summed E-state index contributed by atoms with van der Waals surface area (Å²) in [6, 6.07) is 21.8. The van der Waals surface area contributed by atoms with Crippen LogP contribution in [-0.2, 0) is 28.6 Å². The normalized spacial score (nSPS) is 12.6. The van der Waals surface area contributed by atoms with Crippen LogP contribution in [-0.4, -0.2) is 56.4 Å². The minimum absolute atomic E-state index is 0.0453. The fraction of sp³-hybridized carbons (Fsp3) is 0.395. The topological polar surface area (TPSA) is 124 Å². The molecule has 0 unspecified atom stereocenters. The number of carbonyl (C=O) groups is 4. The van der Waals surface area contributed by atoms with E-state index in [1.165, 1.54) is 6.42 Å². The predicted molar refractivity (Wildman–Crippen MR) is 201 cm³/mol. The number of hydrogen-bond donors (Lipinski definition) is 0. The Bertz CT molecular complexity index is 1620. The summed E-state index contributed by atoms with van der Waals surface area (Å²) < 4.78 is 32.8. The van der Waals surface area contributed by atoms with Crippen molar-refractivity contribution in [3.05, 3.63) is 103 Å². The van der Waals surface area contributed by atoms with Crippen LogP contribution in [0.2, 0.25) is 0 Å². The summed E-state index contributed by atoms with van der Waals surface area (Å²) in [5.41, 5.74) is 2.49. The van der Waals surface area contributed by atoms with Crippen molar-refractivity contribution in [2.45, 2.75) is 83.2 Å². The fourth-order valence-electron chi connectivity index (χ4n) is 5.61. The minimum Gasteiger partial charge on any atom is -0.494 e. The first kappa shape index (κ1) is 40.4. The second-order valence-corrected chi connectivity index (χ2v) is 12.8. The molecule has 0 bridgehead atoms. The van der Waals surface area contributed by atoms with Gasteiger partial charge in [-0.05, 0) is 124 Å². The lowest BCUT2D eigenvalue weighted by Crippen LogP contribution is -2.22. The number of hydrogen-bond acceptors (Lipinski definition) is 10. The van der Waals surface area contributed by atoms with Gasteiger partial charge in [0.1, 0.15) is 23.4 Å². The van der Waals surface area contributed by atoms with Crippen LogP contribution >= 0.6 is 0 Å². The van der Waals surface area contributed by atoms with Gasteiger partial charge in [0.25, 0.3) is 0 Å². The summed E-state index contributed by atoms with van der Waals surface area (Å²) in [5, 5.41) is 0. The van der Waals surface area contributed by atoms with Crippen LogP contribution in [0.25, 0.3) is 11.1 Å². The van der Waals surface area contributed by atoms with Gasteiger partial charge in [-0.15, -0.1) is 0 Å². The van der Waals surface area contributed by atoms with E-state index < -0.39 is 23.9 Å². The number of ether oxygens (including phenoxy) is 6. The molecule has 53 heavy (non-hydrogen) atoms. The van der Waals surface area contributed by atoms with Crippen molar-refractivity contribution in [3.8, 4) is 28.4 Å². The molecule has 4 rings (SSSR count). The van der Waals surface area contributed by atoms with Crippen molar-refractivity contribution >= 4 is 23.9 Å². The molecular formula is C43H50O10. The Labute approximate surface area is 312 Å². The van der Waals surface area contributed by atoms with E-state index in [4.69, 9.17) is 28.4 Å². The lowest BCUT2D eigenvalue weighted by atomic mass is 9.98. The molecule has 0 saturated heterocycles. The van der Waals surface area contributed by atoms with E-state index in [1.807, 2.05) is 36.4 Å². The molecule has 10 nitrogen and oxygen atoms in total. The number of carbonyl (C=O) groups excluding carboxylic acids is 4. The van der Waals surface area contributed by atoms with Gasteiger partial charge in [0, 0.05) is 11.6 Å². The van der Waals surface area contributed by atoms with Gasteiger partial charge in [0.15, 0.2) is 0 Å². The molecule has 0 heterocycles. The van der Waals surface area contributed by atoms with Crippen molar-refractivity contribution in [2.75, 3.05) is 26.4 Å². The third-order valence-corrected chi connectivity index (χ3v) is 8.60. The number of benzene rings is 3. The smallest absolute Gasteiger partial charge is 0.343 e. The van der Waals surface area contributed by atoms with Crippen LogP contribution in [0.4, 0.5) is 0 Å².